The molecule has 3 heteroatoms. The summed E-state index contributed by atoms with van der Waals surface area (Å²) in [5, 5.41) is 0. The first kappa shape index (κ1) is 22.4. The summed E-state index contributed by atoms with van der Waals surface area (Å²) >= 11 is 0. The molecule has 0 aliphatic rings. The number of unbranched alkanes of at least 4 members (excludes halogenated alkanes) is 7. The molecule has 28 heavy (non-hydrogen) atoms. The Bertz CT molecular complexity index is 637. The Morgan fingerprint density at radius 1 is 0.786 bits per heavy atom. The summed E-state index contributed by atoms with van der Waals surface area (Å²) in [6.07, 6.45) is 18.0. The molecule has 0 aliphatic heterocycles. The van der Waals surface area contributed by atoms with Crippen molar-refractivity contribution < 1.29 is 4.74 Å². The van der Waals surface area contributed by atoms with Gasteiger partial charge < -0.3 is 4.74 Å². The number of rotatable bonds is 14. The van der Waals surface area contributed by atoms with Crippen molar-refractivity contribution in [2.24, 2.45) is 0 Å². The zero-order valence-corrected chi connectivity index (χ0v) is 18.1. The van der Waals surface area contributed by atoms with Crippen molar-refractivity contribution in [2.45, 2.75) is 97.5 Å². The van der Waals surface area contributed by atoms with Crippen molar-refractivity contribution in [3.05, 3.63) is 42.2 Å². The summed E-state index contributed by atoms with van der Waals surface area (Å²) in [6, 6.07) is 8.17. The molecule has 0 saturated heterocycles. The highest BCUT2D eigenvalue weighted by molar-refractivity contribution is 5.55. The van der Waals surface area contributed by atoms with E-state index in [1.807, 2.05) is 24.5 Å². The van der Waals surface area contributed by atoms with Crippen LogP contribution in [0.1, 0.15) is 90.5 Å². The number of nitrogens with zero attached hydrogens (tertiary/aromatic N) is 2. The van der Waals surface area contributed by atoms with Crippen molar-refractivity contribution >= 4 is 0 Å². The fraction of sp³-hybridized carbons (Fsp3) is 0.600. The minimum Gasteiger partial charge on any atom is -0.491 e. The first-order chi connectivity index (χ1) is 13.7. The van der Waals surface area contributed by atoms with Gasteiger partial charge in [0.1, 0.15) is 5.75 Å². The van der Waals surface area contributed by atoms with E-state index in [0.29, 0.717) is 0 Å². The maximum atomic E-state index is 6.04. The molecular weight excluding hydrogens is 344 g/mol. The lowest BCUT2D eigenvalue weighted by Gasteiger charge is -2.14. The van der Waals surface area contributed by atoms with E-state index in [2.05, 4.69) is 42.9 Å². The zero-order valence-electron chi connectivity index (χ0n) is 18.1. The Hall–Kier alpha value is -1.90. The molecule has 1 heterocycles. The molecule has 3 nitrogen and oxygen atoms in total. The highest BCUT2D eigenvalue weighted by atomic mass is 16.5. The SMILES string of the molecule is CCCCCCCc1cnc(-c2ccc(O[C@@H](C)CCCCCC)cc2)nc1. The van der Waals surface area contributed by atoms with Gasteiger partial charge in [-0.3, -0.25) is 0 Å². The van der Waals surface area contributed by atoms with Gasteiger partial charge in [-0.05, 0) is 62.4 Å². The smallest absolute Gasteiger partial charge is 0.159 e. The molecule has 1 aromatic heterocycles. The number of hydrogen-bond donors (Lipinski definition) is 0. The zero-order chi connectivity index (χ0) is 20.0. The molecule has 0 spiro atoms. The van der Waals surface area contributed by atoms with Crippen molar-refractivity contribution in [1.82, 2.24) is 9.97 Å². The van der Waals surface area contributed by atoms with E-state index in [9.17, 15) is 0 Å². The van der Waals surface area contributed by atoms with Gasteiger partial charge in [0.05, 0.1) is 6.10 Å². The van der Waals surface area contributed by atoms with Gasteiger partial charge in [-0.15, -0.1) is 0 Å². The molecule has 1 aromatic carbocycles. The van der Waals surface area contributed by atoms with Crippen LogP contribution in [0.2, 0.25) is 0 Å². The van der Waals surface area contributed by atoms with Crippen LogP contribution in [-0.2, 0) is 6.42 Å². The molecule has 0 radical (unpaired) electrons. The molecule has 154 valence electrons. The second-order valence-corrected chi connectivity index (χ2v) is 7.88. The molecular formula is C25H38N2O. The number of aryl methyl sites for hydroxylation is 1. The molecule has 0 N–H and O–H groups in total. The van der Waals surface area contributed by atoms with Crippen molar-refractivity contribution in [1.29, 1.82) is 0 Å². The minimum absolute atomic E-state index is 0.260. The summed E-state index contributed by atoms with van der Waals surface area (Å²) in [6.45, 7) is 6.65. The monoisotopic (exact) mass is 382 g/mol. The van der Waals surface area contributed by atoms with Crippen LogP contribution in [0.25, 0.3) is 11.4 Å². The Morgan fingerprint density at radius 3 is 2.04 bits per heavy atom. The molecule has 0 saturated carbocycles. The standard InChI is InChI=1S/C25H38N2O/c1-4-6-8-10-12-14-22-19-26-25(27-20-22)23-15-17-24(18-16-23)28-21(3)13-11-9-7-5-2/h15-21H,4-14H2,1-3H3/t21-/m0/s1. The van der Waals surface area contributed by atoms with Crippen LogP contribution < -0.4 is 4.74 Å². The van der Waals surface area contributed by atoms with Gasteiger partial charge in [0, 0.05) is 18.0 Å². The number of hydrogen-bond acceptors (Lipinski definition) is 3. The Morgan fingerprint density at radius 2 is 1.39 bits per heavy atom. The number of ether oxygens (including phenoxy) is 1. The summed E-state index contributed by atoms with van der Waals surface area (Å²) in [4.78, 5) is 9.12. The topological polar surface area (TPSA) is 35.0 Å². The van der Waals surface area contributed by atoms with Gasteiger partial charge in [-0.1, -0.05) is 58.8 Å². The molecule has 0 fully saturated rings. The third-order valence-corrected chi connectivity index (χ3v) is 5.19. The average Bonchev–Trinajstić information content (AvgIpc) is 2.72. The molecule has 0 amide bonds. The highest BCUT2D eigenvalue weighted by Gasteiger charge is 2.06. The summed E-state index contributed by atoms with van der Waals surface area (Å²) in [7, 11) is 0. The van der Waals surface area contributed by atoms with E-state index < -0.39 is 0 Å². The Kier molecular flexibility index (Phi) is 10.6. The van der Waals surface area contributed by atoms with E-state index in [1.165, 1.54) is 63.4 Å². The van der Waals surface area contributed by atoms with Crippen molar-refractivity contribution in [2.75, 3.05) is 0 Å². The Labute approximate surface area is 172 Å². The maximum absolute atomic E-state index is 6.04. The average molecular weight is 383 g/mol. The maximum Gasteiger partial charge on any atom is 0.159 e. The molecule has 0 bridgehead atoms. The van der Waals surface area contributed by atoms with E-state index in [4.69, 9.17) is 4.74 Å². The van der Waals surface area contributed by atoms with Crippen molar-refractivity contribution in [3.63, 3.8) is 0 Å². The lowest BCUT2D eigenvalue weighted by atomic mass is 10.1. The first-order valence-electron chi connectivity index (χ1n) is 11.3. The van der Waals surface area contributed by atoms with Crippen LogP contribution in [0.15, 0.2) is 36.7 Å². The van der Waals surface area contributed by atoms with Crippen LogP contribution in [-0.4, -0.2) is 16.1 Å². The minimum atomic E-state index is 0.260. The first-order valence-corrected chi connectivity index (χ1v) is 11.3. The summed E-state index contributed by atoms with van der Waals surface area (Å²) < 4.78 is 6.04. The van der Waals surface area contributed by atoms with Gasteiger partial charge in [0.15, 0.2) is 5.82 Å². The summed E-state index contributed by atoms with van der Waals surface area (Å²) in [5.41, 5.74) is 2.27. The van der Waals surface area contributed by atoms with Crippen LogP contribution in [0.3, 0.4) is 0 Å². The van der Waals surface area contributed by atoms with Gasteiger partial charge in [-0.2, -0.15) is 0 Å². The normalized spacial score (nSPS) is 12.1. The van der Waals surface area contributed by atoms with Gasteiger partial charge in [0.25, 0.3) is 0 Å². The van der Waals surface area contributed by atoms with Gasteiger partial charge in [0.2, 0.25) is 0 Å². The molecule has 0 aliphatic carbocycles. The number of aromatic nitrogens is 2. The molecule has 2 rings (SSSR count). The predicted octanol–water partition coefficient (Wildman–Crippen LogP) is 7.39. The fourth-order valence-corrected chi connectivity index (χ4v) is 3.40. The van der Waals surface area contributed by atoms with E-state index in [0.717, 1.165) is 30.0 Å². The van der Waals surface area contributed by atoms with E-state index in [1.54, 1.807) is 0 Å². The van der Waals surface area contributed by atoms with Crippen LogP contribution in [0.5, 0.6) is 5.75 Å². The highest BCUT2D eigenvalue weighted by Crippen LogP contribution is 2.21. The van der Waals surface area contributed by atoms with Gasteiger partial charge in [-0.25, -0.2) is 9.97 Å². The lowest BCUT2D eigenvalue weighted by Crippen LogP contribution is -2.11. The molecule has 2 aromatic rings. The quantitative estimate of drug-likeness (QED) is 0.319. The lowest BCUT2D eigenvalue weighted by molar-refractivity contribution is 0.206. The van der Waals surface area contributed by atoms with Crippen molar-refractivity contribution in [3.8, 4) is 17.1 Å². The molecule has 1 atom stereocenters. The van der Waals surface area contributed by atoms with E-state index >= 15 is 0 Å². The largest absolute Gasteiger partial charge is 0.491 e. The van der Waals surface area contributed by atoms with E-state index in [-0.39, 0.29) is 6.10 Å². The second-order valence-electron chi connectivity index (χ2n) is 7.88. The fourth-order valence-electron chi connectivity index (χ4n) is 3.40. The van der Waals surface area contributed by atoms with Crippen LogP contribution in [0.4, 0.5) is 0 Å². The Balaban J connectivity index is 1.79. The number of benzene rings is 1. The predicted molar refractivity (Wildman–Crippen MR) is 119 cm³/mol. The summed E-state index contributed by atoms with van der Waals surface area (Å²) in [5.74, 6) is 1.71. The third-order valence-electron chi connectivity index (χ3n) is 5.19. The third kappa shape index (κ3) is 8.41. The van der Waals surface area contributed by atoms with Crippen LogP contribution in [0, 0.1) is 0 Å². The second kappa shape index (κ2) is 13.3. The van der Waals surface area contributed by atoms with Gasteiger partial charge >= 0.3 is 0 Å². The van der Waals surface area contributed by atoms with Crippen LogP contribution >= 0.6 is 0 Å². The molecule has 0 unspecified atom stereocenters.